The largest absolute Gasteiger partial charge is 0.469 e. The van der Waals surface area contributed by atoms with Crippen LogP contribution in [0.5, 0.6) is 0 Å². The minimum absolute atomic E-state index is 0.167. The fourth-order valence-corrected chi connectivity index (χ4v) is 4.50. The van der Waals surface area contributed by atoms with Crippen molar-refractivity contribution in [3.63, 3.8) is 0 Å². The summed E-state index contributed by atoms with van der Waals surface area (Å²) in [6.45, 7) is 5.97. The number of ether oxygens (including phenoxy) is 1. The van der Waals surface area contributed by atoms with Crippen LogP contribution in [-0.2, 0) is 19.6 Å². The fraction of sp³-hybridized carbons (Fsp3) is 0.714. The molecule has 23 heavy (non-hydrogen) atoms. The molecule has 0 atom stereocenters. The van der Waals surface area contributed by atoms with Crippen molar-refractivity contribution in [3.8, 4) is 0 Å². The highest BCUT2D eigenvalue weighted by atomic mass is 32.2. The maximum absolute atomic E-state index is 12.8. The van der Waals surface area contributed by atoms with Crippen LogP contribution in [0.2, 0.25) is 0 Å². The maximum atomic E-state index is 12.8. The predicted octanol–water partition coefficient (Wildman–Crippen LogP) is 0.551. The molecule has 0 aliphatic carbocycles. The molecule has 1 aromatic rings. The SMILES string of the molecule is COC(=O)CCN1CCCN(S(=O)(=O)c2c(C)noc2C)CC1. The number of hydrogen-bond donors (Lipinski definition) is 0. The lowest BCUT2D eigenvalue weighted by Crippen LogP contribution is -2.36. The molecule has 0 radical (unpaired) electrons. The quantitative estimate of drug-likeness (QED) is 0.720. The molecule has 1 aliphatic rings. The zero-order chi connectivity index (χ0) is 17.0. The summed E-state index contributed by atoms with van der Waals surface area (Å²) in [6, 6.07) is 0. The average molecular weight is 345 g/mol. The Morgan fingerprint density at radius 3 is 2.61 bits per heavy atom. The molecule has 8 nitrogen and oxygen atoms in total. The highest BCUT2D eigenvalue weighted by molar-refractivity contribution is 7.89. The summed E-state index contributed by atoms with van der Waals surface area (Å²) in [5, 5.41) is 3.73. The van der Waals surface area contributed by atoms with Crippen LogP contribution < -0.4 is 0 Å². The molecule has 0 bridgehead atoms. The Morgan fingerprint density at radius 2 is 2.00 bits per heavy atom. The van der Waals surface area contributed by atoms with Crippen LogP contribution in [0.4, 0.5) is 0 Å². The van der Waals surface area contributed by atoms with Crippen molar-refractivity contribution in [1.82, 2.24) is 14.4 Å². The number of sulfonamides is 1. The molecule has 0 amide bonds. The normalized spacial score (nSPS) is 17.9. The second kappa shape index (κ2) is 7.41. The number of aromatic nitrogens is 1. The van der Waals surface area contributed by atoms with E-state index in [1.165, 1.54) is 11.4 Å². The molecule has 0 aromatic carbocycles. The molecule has 9 heteroatoms. The van der Waals surface area contributed by atoms with Gasteiger partial charge in [-0.05, 0) is 26.8 Å². The summed E-state index contributed by atoms with van der Waals surface area (Å²) in [7, 11) is -2.24. The first-order chi connectivity index (χ1) is 10.9. The van der Waals surface area contributed by atoms with Gasteiger partial charge in [0, 0.05) is 26.2 Å². The van der Waals surface area contributed by atoms with Crippen molar-refractivity contribution < 1.29 is 22.5 Å². The third-order valence-corrected chi connectivity index (χ3v) is 6.12. The van der Waals surface area contributed by atoms with Crippen molar-refractivity contribution >= 4 is 16.0 Å². The van der Waals surface area contributed by atoms with Crippen molar-refractivity contribution in [3.05, 3.63) is 11.5 Å². The van der Waals surface area contributed by atoms with Gasteiger partial charge in [-0.1, -0.05) is 5.16 Å². The van der Waals surface area contributed by atoms with Crippen LogP contribution in [0, 0.1) is 13.8 Å². The summed E-state index contributed by atoms with van der Waals surface area (Å²) in [6.07, 6.45) is 1.02. The van der Waals surface area contributed by atoms with Gasteiger partial charge in [-0.2, -0.15) is 4.31 Å². The zero-order valence-corrected chi connectivity index (χ0v) is 14.6. The number of hydrogen-bond acceptors (Lipinski definition) is 7. The molecule has 2 heterocycles. The first-order valence-electron chi connectivity index (χ1n) is 7.58. The van der Waals surface area contributed by atoms with Gasteiger partial charge in [-0.3, -0.25) is 4.79 Å². The Balaban J connectivity index is 2.04. The lowest BCUT2D eigenvalue weighted by Gasteiger charge is -2.21. The van der Waals surface area contributed by atoms with Gasteiger partial charge in [-0.15, -0.1) is 0 Å². The molecule has 0 unspecified atom stereocenters. The van der Waals surface area contributed by atoms with Gasteiger partial charge in [0.1, 0.15) is 10.6 Å². The standard InChI is InChI=1S/C14H23N3O5S/c1-11-14(12(2)22-15-11)23(19,20)17-7-4-6-16(9-10-17)8-5-13(18)21-3/h4-10H2,1-3H3. The van der Waals surface area contributed by atoms with E-state index in [9.17, 15) is 13.2 Å². The van der Waals surface area contributed by atoms with E-state index < -0.39 is 10.0 Å². The van der Waals surface area contributed by atoms with Crippen molar-refractivity contribution in [2.24, 2.45) is 0 Å². The van der Waals surface area contributed by atoms with Gasteiger partial charge in [-0.25, -0.2) is 8.42 Å². The third kappa shape index (κ3) is 4.10. The fourth-order valence-electron chi connectivity index (χ4n) is 2.73. The number of nitrogens with zero attached hydrogens (tertiary/aromatic N) is 3. The van der Waals surface area contributed by atoms with Gasteiger partial charge in [0.05, 0.1) is 13.5 Å². The van der Waals surface area contributed by atoms with E-state index in [0.717, 1.165) is 6.54 Å². The molecule has 130 valence electrons. The zero-order valence-electron chi connectivity index (χ0n) is 13.7. The summed E-state index contributed by atoms with van der Waals surface area (Å²) < 4.78 is 36.7. The minimum Gasteiger partial charge on any atom is -0.469 e. The number of carbonyl (C=O) groups excluding carboxylic acids is 1. The Bertz CT molecular complexity index is 636. The average Bonchev–Trinajstić information content (AvgIpc) is 2.73. The number of methoxy groups -OCH3 is 1. The lowest BCUT2D eigenvalue weighted by molar-refractivity contribution is -0.140. The summed E-state index contributed by atoms with van der Waals surface area (Å²) in [5.41, 5.74) is 0.384. The molecular weight excluding hydrogens is 322 g/mol. The maximum Gasteiger partial charge on any atom is 0.306 e. The highest BCUT2D eigenvalue weighted by Gasteiger charge is 2.32. The van der Waals surface area contributed by atoms with E-state index >= 15 is 0 Å². The predicted molar refractivity (Wildman–Crippen MR) is 82.4 cm³/mol. The smallest absolute Gasteiger partial charge is 0.306 e. The molecule has 1 aromatic heterocycles. The van der Waals surface area contributed by atoms with E-state index in [-0.39, 0.29) is 10.9 Å². The molecule has 1 aliphatic heterocycles. The molecule has 1 fully saturated rings. The van der Waals surface area contributed by atoms with Gasteiger partial charge in [0.15, 0.2) is 5.76 Å². The Morgan fingerprint density at radius 1 is 1.26 bits per heavy atom. The van der Waals surface area contributed by atoms with Crippen LogP contribution in [-0.4, -0.2) is 68.6 Å². The van der Waals surface area contributed by atoms with E-state index in [4.69, 9.17) is 4.52 Å². The van der Waals surface area contributed by atoms with E-state index in [2.05, 4.69) is 14.8 Å². The Hall–Kier alpha value is -1.45. The minimum atomic E-state index is -3.60. The van der Waals surface area contributed by atoms with Crippen LogP contribution in [0.1, 0.15) is 24.3 Å². The Labute approximate surface area is 136 Å². The lowest BCUT2D eigenvalue weighted by atomic mass is 10.3. The van der Waals surface area contributed by atoms with Crippen molar-refractivity contribution in [2.45, 2.75) is 31.6 Å². The van der Waals surface area contributed by atoms with Gasteiger partial charge in [0.2, 0.25) is 10.0 Å². The monoisotopic (exact) mass is 345 g/mol. The topological polar surface area (TPSA) is 93.0 Å². The van der Waals surface area contributed by atoms with Crippen LogP contribution in [0.15, 0.2) is 9.42 Å². The Kier molecular flexibility index (Phi) is 5.77. The summed E-state index contributed by atoms with van der Waals surface area (Å²) in [4.78, 5) is 13.5. The summed E-state index contributed by atoms with van der Waals surface area (Å²) in [5.74, 6) is 0.0590. The molecular formula is C14H23N3O5S. The van der Waals surface area contributed by atoms with Crippen molar-refractivity contribution in [1.29, 1.82) is 0 Å². The first kappa shape index (κ1) is 17.9. The van der Waals surface area contributed by atoms with E-state index in [0.29, 0.717) is 50.5 Å². The second-order valence-electron chi connectivity index (χ2n) is 5.58. The number of carbonyl (C=O) groups is 1. The number of aryl methyl sites for hydroxylation is 2. The molecule has 1 saturated heterocycles. The van der Waals surface area contributed by atoms with Crippen LogP contribution >= 0.6 is 0 Å². The van der Waals surface area contributed by atoms with Gasteiger partial charge < -0.3 is 14.2 Å². The van der Waals surface area contributed by atoms with Gasteiger partial charge in [0.25, 0.3) is 0 Å². The van der Waals surface area contributed by atoms with Crippen LogP contribution in [0.3, 0.4) is 0 Å². The second-order valence-corrected chi connectivity index (χ2v) is 7.45. The molecule has 0 N–H and O–H groups in total. The first-order valence-corrected chi connectivity index (χ1v) is 9.02. The third-order valence-electron chi connectivity index (χ3n) is 3.97. The van der Waals surface area contributed by atoms with Crippen LogP contribution in [0.25, 0.3) is 0 Å². The number of rotatable bonds is 5. The van der Waals surface area contributed by atoms with E-state index in [1.807, 2.05) is 0 Å². The summed E-state index contributed by atoms with van der Waals surface area (Å²) >= 11 is 0. The van der Waals surface area contributed by atoms with E-state index in [1.54, 1.807) is 13.8 Å². The molecule has 0 spiro atoms. The van der Waals surface area contributed by atoms with Crippen molar-refractivity contribution in [2.75, 3.05) is 39.8 Å². The highest BCUT2D eigenvalue weighted by Crippen LogP contribution is 2.24. The molecule has 2 rings (SSSR count). The molecule has 0 saturated carbocycles. The van der Waals surface area contributed by atoms with Gasteiger partial charge >= 0.3 is 5.97 Å². The number of esters is 1.